The van der Waals surface area contributed by atoms with E-state index >= 15 is 0 Å². The van der Waals surface area contributed by atoms with Gasteiger partial charge in [-0.25, -0.2) is 0 Å². The Morgan fingerprint density at radius 3 is 2.39 bits per heavy atom. The van der Waals surface area contributed by atoms with Gasteiger partial charge in [0.05, 0.1) is 6.61 Å². The number of fused-ring (bicyclic) bond motifs is 2. The van der Waals surface area contributed by atoms with Crippen molar-refractivity contribution in [2.45, 2.75) is 97.2 Å². The fourth-order valence-electron chi connectivity index (χ4n) is 6.00. The molecule has 2 bridgehead atoms. The van der Waals surface area contributed by atoms with E-state index in [9.17, 15) is 0 Å². The summed E-state index contributed by atoms with van der Waals surface area (Å²) >= 11 is 0. The maximum absolute atomic E-state index is 6.60. The monoisotopic (exact) mass is 384 g/mol. The summed E-state index contributed by atoms with van der Waals surface area (Å²) in [5.74, 6) is 4.24. The van der Waals surface area contributed by atoms with E-state index in [0.29, 0.717) is 5.92 Å². The van der Waals surface area contributed by atoms with Crippen molar-refractivity contribution in [1.82, 2.24) is 0 Å². The summed E-state index contributed by atoms with van der Waals surface area (Å²) in [6.45, 7) is 7.83. The first-order valence-electron chi connectivity index (χ1n) is 12.0. The van der Waals surface area contributed by atoms with E-state index in [-0.39, 0.29) is 11.7 Å². The predicted octanol–water partition coefficient (Wildman–Crippen LogP) is 7.33. The van der Waals surface area contributed by atoms with Gasteiger partial charge in [0.2, 0.25) is 6.29 Å². The molecular formula is C26H40O2. The Labute approximate surface area is 172 Å². The number of hydrogen-bond donors (Lipinski definition) is 0. The van der Waals surface area contributed by atoms with Crippen LogP contribution in [-0.2, 0) is 4.74 Å². The van der Waals surface area contributed by atoms with Crippen molar-refractivity contribution < 1.29 is 9.47 Å². The van der Waals surface area contributed by atoms with E-state index in [1.54, 1.807) is 0 Å². The quantitative estimate of drug-likeness (QED) is 0.437. The van der Waals surface area contributed by atoms with Gasteiger partial charge in [0.15, 0.2) is 0 Å². The molecule has 1 aromatic rings. The van der Waals surface area contributed by atoms with Crippen LogP contribution in [0, 0.1) is 23.2 Å². The van der Waals surface area contributed by atoms with Gasteiger partial charge in [-0.1, -0.05) is 58.6 Å². The van der Waals surface area contributed by atoms with Gasteiger partial charge in [-0.2, -0.15) is 0 Å². The summed E-state index contributed by atoms with van der Waals surface area (Å²) in [6, 6.07) is 8.78. The molecule has 0 N–H and O–H groups in total. The third kappa shape index (κ3) is 4.42. The first-order valence-corrected chi connectivity index (χ1v) is 12.0. The zero-order chi connectivity index (χ0) is 19.6. The summed E-state index contributed by atoms with van der Waals surface area (Å²) < 4.78 is 13.1. The molecule has 3 fully saturated rings. The minimum Gasteiger partial charge on any atom is -0.464 e. The van der Waals surface area contributed by atoms with Crippen molar-refractivity contribution in [2.75, 3.05) is 6.61 Å². The smallest absolute Gasteiger partial charge is 0.205 e. The predicted molar refractivity (Wildman–Crippen MR) is 116 cm³/mol. The minimum atomic E-state index is -0.110. The molecular weight excluding hydrogens is 344 g/mol. The van der Waals surface area contributed by atoms with E-state index in [2.05, 4.69) is 45.0 Å². The molecule has 0 saturated heterocycles. The Morgan fingerprint density at radius 2 is 1.79 bits per heavy atom. The highest BCUT2D eigenvalue weighted by atomic mass is 16.7. The molecule has 28 heavy (non-hydrogen) atoms. The lowest BCUT2D eigenvalue weighted by atomic mass is 9.75. The van der Waals surface area contributed by atoms with Crippen molar-refractivity contribution in [3.63, 3.8) is 0 Å². The van der Waals surface area contributed by atoms with Gasteiger partial charge >= 0.3 is 0 Å². The molecule has 0 heterocycles. The fraction of sp³-hybridized carbons (Fsp3) is 0.769. The minimum absolute atomic E-state index is 0.110. The summed E-state index contributed by atoms with van der Waals surface area (Å²) in [7, 11) is 0. The van der Waals surface area contributed by atoms with Crippen LogP contribution in [0.4, 0.5) is 0 Å². The molecule has 0 amide bonds. The first kappa shape index (κ1) is 20.3. The second kappa shape index (κ2) is 8.78. The van der Waals surface area contributed by atoms with E-state index in [0.717, 1.165) is 30.1 Å². The molecule has 1 aromatic carbocycles. The standard InChI is InChI=1S/C26H40O2/c1-4-19(2)21-10-12-24(13-11-21)28-25(26(3)14-6-5-7-15-26)27-18-23-17-20-8-9-22(23)16-20/h10-13,19-20,22-23,25H,4-9,14-18H2,1-3H3. The van der Waals surface area contributed by atoms with Gasteiger partial charge in [0.1, 0.15) is 5.75 Å². The Balaban J connectivity index is 1.43. The largest absolute Gasteiger partial charge is 0.464 e. The maximum atomic E-state index is 6.60. The SMILES string of the molecule is CCC(C)c1ccc(OC(OCC2CC3CCC2C3)C2(C)CCCCC2)cc1. The molecule has 0 aliphatic heterocycles. The van der Waals surface area contributed by atoms with Gasteiger partial charge in [-0.15, -0.1) is 0 Å². The summed E-state index contributed by atoms with van der Waals surface area (Å²) in [6.07, 6.45) is 13.2. The molecule has 0 spiro atoms. The Kier molecular flexibility index (Phi) is 6.35. The van der Waals surface area contributed by atoms with Gasteiger partial charge in [0, 0.05) is 5.41 Å². The van der Waals surface area contributed by atoms with Crippen molar-refractivity contribution in [1.29, 1.82) is 0 Å². The van der Waals surface area contributed by atoms with E-state index < -0.39 is 0 Å². The molecule has 5 unspecified atom stereocenters. The number of rotatable bonds is 8. The zero-order valence-electron chi connectivity index (χ0n) is 18.3. The number of hydrogen-bond acceptors (Lipinski definition) is 2. The number of ether oxygens (including phenoxy) is 2. The van der Waals surface area contributed by atoms with Crippen LogP contribution in [0.1, 0.15) is 96.5 Å². The average Bonchev–Trinajstić information content (AvgIpc) is 3.35. The van der Waals surface area contributed by atoms with Gasteiger partial charge in [-0.3, -0.25) is 0 Å². The molecule has 3 aliphatic rings. The van der Waals surface area contributed by atoms with E-state index in [4.69, 9.17) is 9.47 Å². The van der Waals surface area contributed by atoms with E-state index in [1.165, 1.54) is 69.8 Å². The lowest BCUT2D eigenvalue weighted by molar-refractivity contribution is -0.172. The highest BCUT2D eigenvalue weighted by Gasteiger charge is 2.42. The highest BCUT2D eigenvalue weighted by Crippen LogP contribution is 2.49. The zero-order valence-corrected chi connectivity index (χ0v) is 18.3. The molecule has 5 atom stereocenters. The molecule has 3 saturated carbocycles. The second-order valence-corrected chi connectivity index (χ2v) is 10.3. The first-order chi connectivity index (χ1) is 13.6. The van der Waals surface area contributed by atoms with Crippen molar-refractivity contribution in [2.24, 2.45) is 23.2 Å². The van der Waals surface area contributed by atoms with Crippen molar-refractivity contribution in [3.05, 3.63) is 29.8 Å². The number of benzene rings is 1. The van der Waals surface area contributed by atoms with E-state index in [1.807, 2.05) is 0 Å². The fourth-order valence-corrected chi connectivity index (χ4v) is 6.00. The molecule has 0 radical (unpaired) electrons. The van der Waals surface area contributed by atoms with Crippen LogP contribution in [0.2, 0.25) is 0 Å². The third-order valence-electron chi connectivity index (χ3n) is 8.22. The van der Waals surface area contributed by atoms with Crippen LogP contribution in [-0.4, -0.2) is 12.9 Å². The van der Waals surface area contributed by atoms with Gasteiger partial charge in [0.25, 0.3) is 0 Å². The van der Waals surface area contributed by atoms with Crippen LogP contribution >= 0.6 is 0 Å². The van der Waals surface area contributed by atoms with Crippen molar-refractivity contribution >= 4 is 0 Å². The Hall–Kier alpha value is -1.02. The lowest BCUT2D eigenvalue weighted by Gasteiger charge is -2.40. The highest BCUT2D eigenvalue weighted by molar-refractivity contribution is 5.29. The Morgan fingerprint density at radius 1 is 1.04 bits per heavy atom. The molecule has 2 nitrogen and oxygen atoms in total. The van der Waals surface area contributed by atoms with Gasteiger partial charge < -0.3 is 9.47 Å². The van der Waals surface area contributed by atoms with Crippen LogP contribution < -0.4 is 4.74 Å². The topological polar surface area (TPSA) is 18.5 Å². The molecule has 0 aromatic heterocycles. The summed E-state index contributed by atoms with van der Waals surface area (Å²) in [5, 5.41) is 0. The van der Waals surface area contributed by atoms with Crippen LogP contribution in [0.25, 0.3) is 0 Å². The normalized spacial score (nSPS) is 30.9. The maximum Gasteiger partial charge on any atom is 0.205 e. The van der Waals surface area contributed by atoms with Crippen LogP contribution in [0.3, 0.4) is 0 Å². The van der Waals surface area contributed by atoms with Crippen LogP contribution in [0.15, 0.2) is 24.3 Å². The Bertz CT molecular complexity index is 616. The average molecular weight is 385 g/mol. The molecule has 156 valence electrons. The summed E-state index contributed by atoms with van der Waals surface area (Å²) in [5.41, 5.74) is 1.55. The third-order valence-corrected chi connectivity index (χ3v) is 8.22. The lowest BCUT2D eigenvalue weighted by Crippen LogP contribution is -2.42. The van der Waals surface area contributed by atoms with Gasteiger partial charge in [-0.05, 0) is 79.9 Å². The molecule has 4 rings (SSSR count). The summed E-state index contributed by atoms with van der Waals surface area (Å²) in [4.78, 5) is 0. The van der Waals surface area contributed by atoms with Crippen molar-refractivity contribution in [3.8, 4) is 5.75 Å². The second-order valence-electron chi connectivity index (χ2n) is 10.3. The molecule has 2 heteroatoms. The van der Waals surface area contributed by atoms with Crippen LogP contribution in [0.5, 0.6) is 5.75 Å². The molecule has 3 aliphatic carbocycles.